The Labute approximate surface area is 166 Å². The molecule has 1 amide bonds. The number of fused-ring (bicyclic) bond motifs is 1. The second-order valence-electron chi connectivity index (χ2n) is 5.80. The lowest BCUT2D eigenvalue weighted by Gasteiger charge is -2.10. The molecule has 0 atom stereocenters. The van der Waals surface area contributed by atoms with Gasteiger partial charge in [-0.05, 0) is 31.2 Å². The van der Waals surface area contributed by atoms with E-state index in [-0.39, 0.29) is 12.2 Å². The molecule has 3 rings (SSSR count). The molecule has 0 saturated carbocycles. The zero-order chi connectivity index (χ0) is 20.6. The van der Waals surface area contributed by atoms with Crippen LogP contribution in [-0.4, -0.2) is 28.5 Å². The maximum Gasteiger partial charge on any atom is 0.350 e. The SMILES string of the molecule is CCOC(=O)/C(C#N)=C/NNC(=O)c1cc(-c2cccnc2)nc2ccccc12. The normalized spacial score (nSPS) is 10.8. The van der Waals surface area contributed by atoms with Gasteiger partial charge in [-0.15, -0.1) is 0 Å². The number of carbonyl (C=O) groups is 2. The average molecular weight is 387 g/mol. The molecular weight excluding hydrogens is 370 g/mol. The lowest BCUT2D eigenvalue weighted by molar-refractivity contribution is -0.138. The molecule has 0 fully saturated rings. The van der Waals surface area contributed by atoms with Gasteiger partial charge in [0.25, 0.3) is 5.91 Å². The summed E-state index contributed by atoms with van der Waals surface area (Å²) in [5, 5.41) is 9.68. The molecular formula is C21H17N5O3. The fourth-order valence-electron chi connectivity index (χ4n) is 2.61. The van der Waals surface area contributed by atoms with E-state index < -0.39 is 11.9 Å². The van der Waals surface area contributed by atoms with Crippen molar-refractivity contribution in [1.82, 2.24) is 20.8 Å². The highest BCUT2D eigenvalue weighted by molar-refractivity contribution is 6.07. The van der Waals surface area contributed by atoms with Gasteiger partial charge in [-0.25, -0.2) is 9.78 Å². The molecule has 8 nitrogen and oxygen atoms in total. The maximum absolute atomic E-state index is 12.8. The zero-order valence-corrected chi connectivity index (χ0v) is 15.5. The van der Waals surface area contributed by atoms with Gasteiger partial charge in [0.05, 0.1) is 23.4 Å². The largest absolute Gasteiger partial charge is 0.462 e. The van der Waals surface area contributed by atoms with Crippen LogP contribution >= 0.6 is 0 Å². The minimum absolute atomic E-state index is 0.143. The van der Waals surface area contributed by atoms with Crippen LogP contribution in [0.1, 0.15) is 17.3 Å². The number of amides is 1. The Morgan fingerprint density at radius 2 is 2.07 bits per heavy atom. The molecule has 0 radical (unpaired) electrons. The second kappa shape index (κ2) is 9.10. The summed E-state index contributed by atoms with van der Waals surface area (Å²) < 4.78 is 4.76. The van der Waals surface area contributed by atoms with Gasteiger partial charge in [-0.3, -0.25) is 15.2 Å². The number of nitriles is 1. The number of para-hydroxylation sites is 1. The number of carbonyl (C=O) groups excluding carboxylic acids is 2. The summed E-state index contributed by atoms with van der Waals surface area (Å²) in [5.41, 5.74) is 7.09. The van der Waals surface area contributed by atoms with Gasteiger partial charge in [-0.1, -0.05) is 18.2 Å². The first-order valence-corrected chi connectivity index (χ1v) is 8.77. The van der Waals surface area contributed by atoms with Gasteiger partial charge in [-0.2, -0.15) is 5.26 Å². The highest BCUT2D eigenvalue weighted by atomic mass is 16.5. The number of aromatic nitrogens is 2. The Balaban J connectivity index is 1.89. The highest BCUT2D eigenvalue weighted by Gasteiger charge is 2.14. The smallest absolute Gasteiger partial charge is 0.350 e. The van der Waals surface area contributed by atoms with E-state index in [0.717, 1.165) is 11.8 Å². The first-order valence-electron chi connectivity index (χ1n) is 8.77. The van der Waals surface area contributed by atoms with E-state index >= 15 is 0 Å². The van der Waals surface area contributed by atoms with Crippen LogP contribution < -0.4 is 10.9 Å². The topological polar surface area (TPSA) is 117 Å². The molecule has 3 aromatic rings. The Bertz CT molecular complexity index is 1120. The number of nitrogens with zero attached hydrogens (tertiary/aromatic N) is 3. The molecule has 0 aliphatic carbocycles. The summed E-state index contributed by atoms with van der Waals surface area (Å²) in [6.07, 6.45) is 4.41. The standard InChI is InChI=1S/C21H17N5O3/c1-2-29-21(28)15(11-22)13-24-26-20(27)17-10-19(14-6-5-9-23-12-14)25-18-8-4-3-7-16(17)18/h3-10,12-13,24H,2H2,1H3,(H,26,27)/b15-13+. The van der Waals surface area contributed by atoms with Crippen LogP contribution in [0.15, 0.2) is 66.6 Å². The molecule has 29 heavy (non-hydrogen) atoms. The lowest BCUT2D eigenvalue weighted by atomic mass is 10.0. The predicted molar refractivity (Wildman–Crippen MR) is 106 cm³/mol. The van der Waals surface area contributed by atoms with Crippen LogP contribution in [0, 0.1) is 11.3 Å². The van der Waals surface area contributed by atoms with Gasteiger partial charge in [0, 0.05) is 29.5 Å². The van der Waals surface area contributed by atoms with Crippen LogP contribution in [-0.2, 0) is 9.53 Å². The molecule has 2 heterocycles. The van der Waals surface area contributed by atoms with E-state index in [1.165, 1.54) is 0 Å². The number of benzene rings is 1. The summed E-state index contributed by atoms with van der Waals surface area (Å²) in [4.78, 5) is 33.1. The lowest BCUT2D eigenvalue weighted by Crippen LogP contribution is -2.34. The molecule has 0 unspecified atom stereocenters. The third kappa shape index (κ3) is 4.54. The number of ether oxygens (including phenoxy) is 1. The number of pyridine rings is 2. The Morgan fingerprint density at radius 3 is 2.79 bits per heavy atom. The summed E-state index contributed by atoms with van der Waals surface area (Å²) >= 11 is 0. The first-order chi connectivity index (χ1) is 14.1. The van der Waals surface area contributed by atoms with Gasteiger partial charge >= 0.3 is 5.97 Å². The van der Waals surface area contributed by atoms with Crippen LogP contribution in [0.25, 0.3) is 22.2 Å². The van der Waals surface area contributed by atoms with Crippen molar-refractivity contribution < 1.29 is 14.3 Å². The molecule has 144 valence electrons. The molecule has 0 aliphatic rings. The van der Waals surface area contributed by atoms with Crippen molar-refractivity contribution in [1.29, 1.82) is 5.26 Å². The molecule has 8 heteroatoms. The van der Waals surface area contributed by atoms with E-state index in [2.05, 4.69) is 20.8 Å². The number of nitrogens with one attached hydrogen (secondary N) is 2. The van der Waals surface area contributed by atoms with Crippen molar-refractivity contribution in [3.05, 3.63) is 72.2 Å². The summed E-state index contributed by atoms with van der Waals surface area (Å²) in [7, 11) is 0. The third-order valence-corrected chi connectivity index (χ3v) is 3.94. The van der Waals surface area contributed by atoms with Crippen molar-refractivity contribution in [3.63, 3.8) is 0 Å². The minimum atomic E-state index is -0.773. The van der Waals surface area contributed by atoms with Crippen molar-refractivity contribution in [2.24, 2.45) is 0 Å². The molecule has 0 aliphatic heterocycles. The number of hydrazine groups is 1. The molecule has 0 saturated heterocycles. The van der Waals surface area contributed by atoms with E-state index in [1.54, 1.807) is 43.6 Å². The quantitative estimate of drug-likeness (QED) is 0.289. The molecule has 2 N–H and O–H groups in total. The monoisotopic (exact) mass is 387 g/mol. The number of hydrogen-bond acceptors (Lipinski definition) is 7. The molecule has 2 aromatic heterocycles. The average Bonchev–Trinajstić information content (AvgIpc) is 2.76. The van der Waals surface area contributed by atoms with Crippen molar-refractivity contribution >= 4 is 22.8 Å². The summed E-state index contributed by atoms with van der Waals surface area (Å²) in [5.74, 6) is -1.23. The maximum atomic E-state index is 12.8. The van der Waals surface area contributed by atoms with Crippen molar-refractivity contribution in [2.75, 3.05) is 6.61 Å². The molecule has 0 bridgehead atoms. The fourth-order valence-corrected chi connectivity index (χ4v) is 2.61. The van der Waals surface area contributed by atoms with E-state index in [0.29, 0.717) is 22.2 Å². The van der Waals surface area contributed by atoms with E-state index in [4.69, 9.17) is 10.00 Å². The molecule has 0 spiro atoms. The number of rotatable bonds is 6. The van der Waals surface area contributed by atoms with Crippen molar-refractivity contribution in [3.8, 4) is 17.3 Å². The van der Waals surface area contributed by atoms with Crippen LogP contribution in [0.3, 0.4) is 0 Å². The predicted octanol–water partition coefficient (Wildman–Crippen LogP) is 2.50. The first kappa shape index (κ1) is 19.5. The highest BCUT2D eigenvalue weighted by Crippen LogP contribution is 2.24. The van der Waals surface area contributed by atoms with Crippen LogP contribution in [0.5, 0.6) is 0 Å². The summed E-state index contributed by atoms with van der Waals surface area (Å²) in [6, 6.07) is 14.3. The Hall–Kier alpha value is -4.25. The summed E-state index contributed by atoms with van der Waals surface area (Å²) in [6.45, 7) is 1.78. The Kier molecular flexibility index (Phi) is 6.12. The van der Waals surface area contributed by atoms with Crippen molar-refractivity contribution in [2.45, 2.75) is 6.92 Å². The minimum Gasteiger partial charge on any atom is -0.462 e. The zero-order valence-electron chi connectivity index (χ0n) is 15.5. The van der Waals surface area contributed by atoms with E-state index in [9.17, 15) is 9.59 Å². The fraction of sp³-hybridized carbons (Fsp3) is 0.0952. The Morgan fingerprint density at radius 1 is 1.24 bits per heavy atom. The van der Waals surface area contributed by atoms with Gasteiger partial charge in [0.15, 0.2) is 5.57 Å². The van der Waals surface area contributed by atoms with Gasteiger partial charge < -0.3 is 10.2 Å². The second-order valence-corrected chi connectivity index (χ2v) is 5.80. The van der Waals surface area contributed by atoms with Crippen LogP contribution in [0.2, 0.25) is 0 Å². The number of hydrogen-bond donors (Lipinski definition) is 2. The third-order valence-electron chi connectivity index (χ3n) is 3.94. The van der Waals surface area contributed by atoms with Gasteiger partial charge in [0.1, 0.15) is 6.07 Å². The van der Waals surface area contributed by atoms with Gasteiger partial charge in [0.2, 0.25) is 0 Å². The molecule has 1 aromatic carbocycles. The number of esters is 1. The van der Waals surface area contributed by atoms with E-state index in [1.807, 2.05) is 24.3 Å². The van der Waals surface area contributed by atoms with Crippen LogP contribution in [0.4, 0.5) is 0 Å².